The molecule has 0 bridgehead atoms. The summed E-state index contributed by atoms with van der Waals surface area (Å²) in [6.07, 6.45) is 6.02. The zero-order valence-corrected chi connectivity index (χ0v) is 14.2. The number of amides is 1. The van der Waals surface area contributed by atoms with Crippen molar-refractivity contribution in [2.75, 3.05) is 12.8 Å². The third-order valence-corrected chi connectivity index (χ3v) is 5.02. The number of benzene rings is 1. The molecular weight excluding hydrogens is 296 g/mol. The molecule has 1 aromatic carbocycles. The molecule has 2 rings (SSSR count). The van der Waals surface area contributed by atoms with E-state index in [4.69, 9.17) is 10.5 Å². The van der Waals surface area contributed by atoms with Gasteiger partial charge in [0.1, 0.15) is 5.75 Å². The predicted molar refractivity (Wildman–Crippen MR) is 91.3 cm³/mol. The van der Waals surface area contributed by atoms with Crippen molar-refractivity contribution in [2.45, 2.75) is 49.6 Å². The van der Waals surface area contributed by atoms with E-state index in [9.17, 15) is 4.79 Å². The summed E-state index contributed by atoms with van der Waals surface area (Å²) in [6, 6.07) is 7.99. The molecule has 0 radical (unpaired) electrons. The van der Waals surface area contributed by atoms with Crippen LogP contribution in [0.5, 0.6) is 5.75 Å². The van der Waals surface area contributed by atoms with Crippen molar-refractivity contribution in [3.05, 3.63) is 24.3 Å². The summed E-state index contributed by atoms with van der Waals surface area (Å²) in [5.74, 6) is 1.06. The van der Waals surface area contributed by atoms with Crippen LogP contribution in [0, 0.1) is 5.92 Å². The zero-order chi connectivity index (χ0) is 15.9. The first-order valence-electron chi connectivity index (χ1n) is 7.95. The fourth-order valence-electron chi connectivity index (χ4n) is 2.89. The summed E-state index contributed by atoms with van der Waals surface area (Å²) in [6.45, 7) is 2.43. The summed E-state index contributed by atoms with van der Waals surface area (Å²) < 4.78 is 5.73. The number of ether oxygens (including phenoxy) is 1. The first kappa shape index (κ1) is 17.2. The largest absolute Gasteiger partial charge is 0.481 e. The number of hydrogen-bond acceptors (Lipinski definition) is 4. The highest BCUT2D eigenvalue weighted by molar-refractivity contribution is 7.98. The van der Waals surface area contributed by atoms with Gasteiger partial charge in [-0.05, 0) is 62.7 Å². The SMILES string of the molecule is CSc1ccc(OC(C)C(=O)NC2CCCCC2CN)cc1. The first-order chi connectivity index (χ1) is 10.6. The second-order valence-electron chi connectivity index (χ2n) is 5.83. The summed E-state index contributed by atoms with van der Waals surface area (Å²) in [4.78, 5) is 13.5. The van der Waals surface area contributed by atoms with Gasteiger partial charge in [0.15, 0.2) is 6.10 Å². The van der Waals surface area contributed by atoms with Crippen molar-refractivity contribution in [2.24, 2.45) is 11.7 Å². The van der Waals surface area contributed by atoms with E-state index in [1.54, 1.807) is 18.7 Å². The van der Waals surface area contributed by atoms with Gasteiger partial charge in [-0.1, -0.05) is 12.8 Å². The van der Waals surface area contributed by atoms with Gasteiger partial charge >= 0.3 is 0 Å². The minimum Gasteiger partial charge on any atom is -0.481 e. The van der Waals surface area contributed by atoms with Crippen LogP contribution >= 0.6 is 11.8 Å². The van der Waals surface area contributed by atoms with Crippen LogP contribution in [0.2, 0.25) is 0 Å². The summed E-state index contributed by atoms with van der Waals surface area (Å²) in [7, 11) is 0. The number of carbonyl (C=O) groups is 1. The second-order valence-corrected chi connectivity index (χ2v) is 6.71. The Morgan fingerprint density at radius 2 is 2.05 bits per heavy atom. The Hall–Kier alpha value is -1.20. The van der Waals surface area contributed by atoms with Crippen molar-refractivity contribution in [1.82, 2.24) is 5.32 Å². The monoisotopic (exact) mass is 322 g/mol. The van der Waals surface area contributed by atoms with Gasteiger partial charge in [0.2, 0.25) is 0 Å². The van der Waals surface area contributed by atoms with Crippen LogP contribution in [0.1, 0.15) is 32.6 Å². The Balaban J connectivity index is 1.87. The van der Waals surface area contributed by atoms with E-state index in [0.717, 1.165) is 25.0 Å². The summed E-state index contributed by atoms with van der Waals surface area (Å²) >= 11 is 1.68. The van der Waals surface area contributed by atoms with Gasteiger partial charge in [-0.3, -0.25) is 4.79 Å². The second kappa shape index (κ2) is 8.44. The van der Waals surface area contributed by atoms with E-state index < -0.39 is 6.10 Å². The minimum atomic E-state index is -0.500. The highest BCUT2D eigenvalue weighted by Crippen LogP contribution is 2.24. The van der Waals surface area contributed by atoms with E-state index in [-0.39, 0.29) is 11.9 Å². The van der Waals surface area contributed by atoms with E-state index in [0.29, 0.717) is 12.5 Å². The van der Waals surface area contributed by atoms with Crippen molar-refractivity contribution in [1.29, 1.82) is 0 Å². The molecule has 3 N–H and O–H groups in total. The predicted octanol–water partition coefficient (Wildman–Crippen LogP) is 2.81. The van der Waals surface area contributed by atoms with Crippen LogP contribution in [0.15, 0.2) is 29.2 Å². The molecule has 0 aromatic heterocycles. The fourth-order valence-corrected chi connectivity index (χ4v) is 3.30. The molecule has 0 aliphatic heterocycles. The molecule has 5 heteroatoms. The topological polar surface area (TPSA) is 64.3 Å². The zero-order valence-electron chi connectivity index (χ0n) is 13.4. The molecule has 3 unspecified atom stereocenters. The summed E-state index contributed by atoms with van der Waals surface area (Å²) in [5, 5.41) is 3.11. The van der Waals surface area contributed by atoms with Crippen LogP contribution in [0.4, 0.5) is 0 Å². The molecule has 0 heterocycles. The van der Waals surface area contributed by atoms with E-state index in [1.165, 1.54) is 11.3 Å². The number of nitrogens with one attached hydrogen (secondary N) is 1. The maximum absolute atomic E-state index is 12.3. The van der Waals surface area contributed by atoms with Crippen molar-refractivity contribution in [3.63, 3.8) is 0 Å². The van der Waals surface area contributed by atoms with Gasteiger partial charge < -0.3 is 15.8 Å². The van der Waals surface area contributed by atoms with Crippen LogP contribution in [0.3, 0.4) is 0 Å². The third kappa shape index (κ3) is 4.65. The average molecular weight is 322 g/mol. The molecule has 1 aromatic rings. The van der Waals surface area contributed by atoms with Gasteiger partial charge in [0.25, 0.3) is 5.91 Å². The number of thioether (sulfide) groups is 1. The minimum absolute atomic E-state index is 0.0562. The molecule has 0 spiro atoms. The lowest BCUT2D eigenvalue weighted by atomic mass is 9.84. The molecule has 1 saturated carbocycles. The molecule has 1 aliphatic carbocycles. The standard InChI is InChI=1S/C17H26N2O2S/c1-12(21-14-7-9-15(22-2)10-8-14)17(20)19-16-6-4-3-5-13(16)11-18/h7-10,12-13,16H,3-6,11,18H2,1-2H3,(H,19,20). The lowest BCUT2D eigenvalue weighted by Crippen LogP contribution is -2.48. The quantitative estimate of drug-likeness (QED) is 0.791. The van der Waals surface area contributed by atoms with Gasteiger partial charge in [0, 0.05) is 10.9 Å². The Labute approximate surface area is 137 Å². The Kier molecular flexibility index (Phi) is 6.58. The average Bonchev–Trinajstić information content (AvgIpc) is 2.56. The molecule has 1 amide bonds. The Morgan fingerprint density at radius 1 is 1.36 bits per heavy atom. The maximum Gasteiger partial charge on any atom is 0.261 e. The molecule has 3 atom stereocenters. The smallest absolute Gasteiger partial charge is 0.261 e. The van der Waals surface area contributed by atoms with E-state index in [2.05, 4.69) is 5.32 Å². The summed E-state index contributed by atoms with van der Waals surface area (Å²) in [5.41, 5.74) is 5.81. The van der Waals surface area contributed by atoms with Crippen LogP contribution in [-0.2, 0) is 4.79 Å². The number of nitrogens with two attached hydrogens (primary N) is 1. The number of rotatable bonds is 6. The van der Waals surface area contributed by atoms with Crippen molar-refractivity contribution in [3.8, 4) is 5.75 Å². The van der Waals surface area contributed by atoms with Gasteiger partial charge in [-0.15, -0.1) is 11.8 Å². The molecule has 1 fully saturated rings. The van der Waals surface area contributed by atoms with E-state index in [1.807, 2.05) is 30.5 Å². The van der Waals surface area contributed by atoms with Gasteiger partial charge in [-0.25, -0.2) is 0 Å². The Bertz CT molecular complexity index is 478. The molecule has 122 valence electrons. The number of hydrogen-bond donors (Lipinski definition) is 2. The van der Waals surface area contributed by atoms with Gasteiger partial charge in [-0.2, -0.15) is 0 Å². The normalized spacial score (nSPS) is 22.9. The third-order valence-electron chi connectivity index (χ3n) is 4.28. The van der Waals surface area contributed by atoms with Crippen molar-refractivity contribution >= 4 is 17.7 Å². The van der Waals surface area contributed by atoms with E-state index >= 15 is 0 Å². The highest BCUT2D eigenvalue weighted by Gasteiger charge is 2.27. The Morgan fingerprint density at radius 3 is 2.68 bits per heavy atom. The maximum atomic E-state index is 12.3. The highest BCUT2D eigenvalue weighted by atomic mass is 32.2. The van der Waals surface area contributed by atoms with Crippen molar-refractivity contribution < 1.29 is 9.53 Å². The molecule has 4 nitrogen and oxygen atoms in total. The van der Waals surface area contributed by atoms with Crippen LogP contribution < -0.4 is 15.8 Å². The molecule has 0 saturated heterocycles. The molecule has 1 aliphatic rings. The molecular formula is C17H26N2O2S. The van der Waals surface area contributed by atoms with Crippen LogP contribution in [0.25, 0.3) is 0 Å². The lowest BCUT2D eigenvalue weighted by Gasteiger charge is -2.32. The first-order valence-corrected chi connectivity index (χ1v) is 9.17. The lowest BCUT2D eigenvalue weighted by molar-refractivity contribution is -0.128. The van der Waals surface area contributed by atoms with Crippen LogP contribution in [-0.4, -0.2) is 30.9 Å². The van der Waals surface area contributed by atoms with Gasteiger partial charge in [0.05, 0.1) is 0 Å². The number of carbonyl (C=O) groups excluding carboxylic acids is 1. The fraction of sp³-hybridized carbons (Fsp3) is 0.588. The molecule has 22 heavy (non-hydrogen) atoms.